The molecule has 0 aliphatic heterocycles. The molecule has 0 aliphatic rings. The molecule has 1 aromatic rings. The van der Waals surface area contributed by atoms with Gasteiger partial charge in [-0.05, 0) is 26.2 Å². The average molecular weight is 407 g/mol. The van der Waals surface area contributed by atoms with Crippen molar-refractivity contribution < 1.29 is 4.52 Å². The molecule has 0 saturated heterocycles. The van der Waals surface area contributed by atoms with Gasteiger partial charge in [-0.2, -0.15) is 4.98 Å². The van der Waals surface area contributed by atoms with E-state index < -0.39 is 0 Å². The van der Waals surface area contributed by atoms with E-state index in [1.807, 2.05) is 20.0 Å². The number of hydrogen-bond donors (Lipinski definition) is 1. The minimum absolute atomic E-state index is 0. The van der Waals surface area contributed by atoms with Gasteiger partial charge in [-0.1, -0.05) is 11.2 Å². The molecular formula is C14H26IN5O. The number of aliphatic imine (C=N–C) groups is 1. The summed E-state index contributed by atoms with van der Waals surface area (Å²) in [4.78, 5) is 10.6. The smallest absolute Gasteiger partial charge is 0.226 e. The van der Waals surface area contributed by atoms with Crippen LogP contribution in [0.1, 0.15) is 31.0 Å². The standard InChI is InChI=1S/C14H25N5O.HI/c1-5-6-7-11-19(4)14(15-3)16-10-8-9-13-17-12(2)18-20-13;/h5H,1,6-11H2,2-4H3,(H,15,16);1H. The Morgan fingerprint density at radius 2 is 2.24 bits per heavy atom. The molecule has 7 heteroatoms. The Morgan fingerprint density at radius 1 is 1.48 bits per heavy atom. The molecule has 1 N–H and O–H groups in total. The topological polar surface area (TPSA) is 66.5 Å². The number of aryl methyl sites for hydroxylation is 2. The lowest BCUT2D eigenvalue weighted by Gasteiger charge is -2.21. The Labute approximate surface area is 144 Å². The number of rotatable bonds is 8. The van der Waals surface area contributed by atoms with Crippen LogP contribution in [-0.2, 0) is 6.42 Å². The number of nitrogens with zero attached hydrogens (tertiary/aromatic N) is 4. The van der Waals surface area contributed by atoms with Crippen molar-refractivity contribution in [3.63, 3.8) is 0 Å². The molecule has 0 unspecified atom stereocenters. The maximum absolute atomic E-state index is 5.07. The zero-order valence-electron chi connectivity index (χ0n) is 13.1. The van der Waals surface area contributed by atoms with Crippen molar-refractivity contribution in [2.75, 3.05) is 27.2 Å². The quantitative estimate of drug-likeness (QED) is 0.236. The minimum atomic E-state index is 0. The number of halogens is 1. The molecular weight excluding hydrogens is 381 g/mol. The van der Waals surface area contributed by atoms with Gasteiger partial charge in [-0.3, -0.25) is 4.99 Å². The maximum atomic E-state index is 5.07. The van der Waals surface area contributed by atoms with Gasteiger partial charge in [0.25, 0.3) is 0 Å². The lowest BCUT2D eigenvalue weighted by Crippen LogP contribution is -2.39. The van der Waals surface area contributed by atoms with E-state index in [4.69, 9.17) is 4.52 Å². The second kappa shape index (κ2) is 11.5. The number of hydrogen-bond acceptors (Lipinski definition) is 4. The summed E-state index contributed by atoms with van der Waals surface area (Å²) in [6.07, 6.45) is 5.77. The summed E-state index contributed by atoms with van der Waals surface area (Å²) in [7, 11) is 3.84. The Kier molecular flexibility index (Phi) is 10.9. The first kappa shape index (κ1) is 19.9. The van der Waals surface area contributed by atoms with Crippen molar-refractivity contribution >= 4 is 29.9 Å². The number of unbranched alkanes of at least 4 members (excludes halogenated alkanes) is 1. The summed E-state index contributed by atoms with van der Waals surface area (Å²) in [6.45, 7) is 7.35. The zero-order chi connectivity index (χ0) is 14.8. The van der Waals surface area contributed by atoms with E-state index in [-0.39, 0.29) is 24.0 Å². The van der Waals surface area contributed by atoms with Gasteiger partial charge in [0, 0.05) is 33.6 Å². The maximum Gasteiger partial charge on any atom is 0.226 e. The molecule has 6 nitrogen and oxygen atoms in total. The summed E-state index contributed by atoms with van der Waals surface area (Å²) in [5.74, 6) is 2.29. The largest absolute Gasteiger partial charge is 0.356 e. The van der Waals surface area contributed by atoms with Gasteiger partial charge in [0.1, 0.15) is 0 Å². The monoisotopic (exact) mass is 407 g/mol. The van der Waals surface area contributed by atoms with Crippen LogP contribution in [0.4, 0.5) is 0 Å². The van der Waals surface area contributed by atoms with E-state index in [1.165, 1.54) is 0 Å². The van der Waals surface area contributed by atoms with Crippen LogP contribution in [-0.4, -0.2) is 48.2 Å². The molecule has 120 valence electrons. The molecule has 1 aromatic heterocycles. The summed E-state index contributed by atoms with van der Waals surface area (Å²) in [5, 5.41) is 7.10. The van der Waals surface area contributed by atoms with Gasteiger partial charge in [-0.25, -0.2) is 0 Å². The van der Waals surface area contributed by atoms with Crippen LogP contribution >= 0.6 is 24.0 Å². The van der Waals surface area contributed by atoms with E-state index in [0.29, 0.717) is 11.7 Å². The van der Waals surface area contributed by atoms with Crippen molar-refractivity contribution in [3.05, 3.63) is 24.4 Å². The summed E-state index contributed by atoms with van der Waals surface area (Å²) >= 11 is 0. The summed E-state index contributed by atoms with van der Waals surface area (Å²) in [6, 6.07) is 0. The highest BCUT2D eigenvalue weighted by Gasteiger charge is 2.05. The molecule has 0 bridgehead atoms. The van der Waals surface area contributed by atoms with Crippen LogP contribution in [0.2, 0.25) is 0 Å². The highest BCUT2D eigenvalue weighted by Crippen LogP contribution is 1.99. The van der Waals surface area contributed by atoms with Gasteiger partial charge < -0.3 is 14.7 Å². The van der Waals surface area contributed by atoms with Crippen molar-refractivity contribution in [3.8, 4) is 0 Å². The lowest BCUT2D eigenvalue weighted by atomic mass is 10.3. The van der Waals surface area contributed by atoms with Crippen LogP contribution in [0.25, 0.3) is 0 Å². The second-order valence-corrected chi connectivity index (χ2v) is 4.67. The molecule has 0 atom stereocenters. The molecule has 0 radical (unpaired) electrons. The highest BCUT2D eigenvalue weighted by molar-refractivity contribution is 14.0. The Balaban J connectivity index is 0.00000400. The normalized spacial score (nSPS) is 10.9. The molecule has 21 heavy (non-hydrogen) atoms. The van der Waals surface area contributed by atoms with Crippen LogP contribution in [0.3, 0.4) is 0 Å². The van der Waals surface area contributed by atoms with Gasteiger partial charge in [-0.15, -0.1) is 30.6 Å². The first-order valence-corrected chi connectivity index (χ1v) is 6.99. The number of nitrogens with one attached hydrogen (secondary N) is 1. The molecule has 0 spiro atoms. The average Bonchev–Trinajstić information content (AvgIpc) is 2.84. The fourth-order valence-corrected chi connectivity index (χ4v) is 1.84. The predicted octanol–water partition coefficient (Wildman–Crippen LogP) is 2.40. The van der Waals surface area contributed by atoms with Crippen molar-refractivity contribution in [1.29, 1.82) is 0 Å². The molecule has 0 amide bonds. The van der Waals surface area contributed by atoms with Crippen molar-refractivity contribution in [2.45, 2.75) is 32.6 Å². The molecule has 0 aromatic carbocycles. The van der Waals surface area contributed by atoms with Gasteiger partial charge in [0.15, 0.2) is 11.8 Å². The zero-order valence-corrected chi connectivity index (χ0v) is 15.5. The van der Waals surface area contributed by atoms with Crippen LogP contribution in [0.5, 0.6) is 0 Å². The number of allylic oxidation sites excluding steroid dienone is 1. The van der Waals surface area contributed by atoms with Crippen molar-refractivity contribution in [1.82, 2.24) is 20.4 Å². The van der Waals surface area contributed by atoms with E-state index in [9.17, 15) is 0 Å². The van der Waals surface area contributed by atoms with Gasteiger partial charge in [0.2, 0.25) is 5.89 Å². The van der Waals surface area contributed by atoms with E-state index in [1.54, 1.807) is 7.05 Å². The highest BCUT2D eigenvalue weighted by atomic mass is 127. The van der Waals surface area contributed by atoms with Gasteiger partial charge in [0.05, 0.1) is 0 Å². The third-order valence-corrected chi connectivity index (χ3v) is 2.90. The first-order chi connectivity index (χ1) is 9.67. The van der Waals surface area contributed by atoms with E-state index in [0.717, 1.165) is 44.7 Å². The third kappa shape index (κ3) is 8.03. The van der Waals surface area contributed by atoms with Gasteiger partial charge >= 0.3 is 0 Å². The third-order valence-electron chi connectivity index (χ3n) is 2.90. The van der Waals surface area contributed by atoms with Crippen molar-refractivity contribution in [2.24, 2.45) is 4.99 Å². The predicted molar refractivity (Wildman–Crippen MR) is 96.2 cm³/mol. The number of guanidine groups is 1. The Hall–Kier alpha value is -1.12. The fourth-order valence-electron chi connectivity index (χ4n) is 1.84. The van der Waals surface area contributed by atoms with Crippen LogP contribution in [0.15, 0.2) is 22.2 Å². The summed E-state index contributed by atoms with van der Waals surface area (Å²) < 4.78 is 5.07. The SMILES string of the molecule is C=CCCCN(C)C(=NC)NCCCc1nc(C)no1.I. The minimum Gasteiger partial charge on any atom is -0.356 e. The molecule has 1 rings (SSSR count). The molecule has 0 fully saturated rings. The fraction of sp³-hybridized carbons (Fsp3) is 0.643. The van der Waals surface area contributed by atoms with E-state index in [2.05, 4.69) is 31.9 Å². The first-order valence-electron chi connectivity index (χ1n) is 6.99. The van der Waals surface area contributed by atoms with E-state index >= 15 is 0 Å². The summed E-state index contributed by atoms with van der Waals surface area (Å²) in [5.41, 5.74) is 0. The second-order valence-electron chi connectivity index (χ2n) is 4.67. The van der Waals surface area contributed by atoms with Crippen LogP contribution < -0.4 is 5.32 Å². The molecule has 0 aliphatic carbocycles. The number of aromatic nitrogens is 2. The Morgan fingerprint density at radius 3 is 2.81 bits per heavy atom. The molecule has 1 heterocycles. The molecule has 0 saturated carbocycles. The lowest BCUT2D eigenvalue weighted by molar-refractivity contribution is 0.371. The Bertz CT molecular complexity index is 433. The van der Waals surface area contributed by atoms with Crippen LogP contribution in [0, 0.1) is 6.92 Å².